The second-order valence-corrected chi connectivity index (χ2v) is 6.85. The Hall–Kier alpha value is -3.87. The third kappa shape index (κ3) is 5.54. The van der Waals surface area contributed by atoms with Crippen LogP contribution in [0, 0.1) is 0 Å². The molecule has 11 heteroatoms. The molecule has 1 amide bonds. The number of hydrogen-bond donors (Lipinski definition) is 1. The molecular formula is C23H13F3LiN3O4. The first-order valence-electron chi connectivity index (χ1n) is 9.43. The average Bonchev–Trinajstić information content (AvgIpc) is 2.78. The minimum atomic E-state index is -4.53. The second kappa shape index (κ2) is 9.95. The molecule has 4 rings (SSSR count). The first-order valence-corrected chi connectivity index (χ1v) is 9.43. The Kier molecular flexibility index (Phi) is 7.25. The number of aromatic carboxylic acids is 1. The van der Waals surface area contributed by atoms with Gasteiger partial charge < -0.3 is 20.0 Å². The van der Waals surface area contributed by atoms with E-state index >= 15 is 0 Å². The van der Waals surface area contributed by atoms with Crippen molar-refractivity contribution in [2.45, 2.75) is 6.18 Å². The van der Waals surface area contributed by atoms with Crippen molar-refractivity contribution in [1.82, 2.24) is 9.97 Å². The molecule has 0 aliphatic rings. The van der Waals surface area contributed by atoms with Crippen LogP contribution < -0.4 is 34.0 Å². The van der Waals surface area contributed by atoms with Crippen molar-refractivity contribution in [1.29, 1.82) is 0 Å². The molecule has 3 aromatic carbocycles. The van der Waals surface area contributed by atoms with Crippen LogP contribution in [0.5, 0.6) is 11.6 Å². The van der Waals surface area contributed by atoms with Crippen molar-refractivity contribution in [3.8, 4) is 11.6 Å². The molecule has 0 radical (unpaired) electrons. The number of carboxylic acid groups (broad SMARTS) is 1. The number of hydrogen-bond acceptors (Lipinski definition) is 6. The molecule has 7 nitrogen and oxygen atoms in total. The summed E-state index contributed by atoms with van der Waals surface area (Å²) in [5, 5.41) is 14.6. The number of anilines is 1. The normalized spacial score (nSPS) is 10.9. The Morgan fingerprint density at radius 2 is 1.71 bits per heavy atom. The molecule has 0 saturated carbocycles. The van der Waals surface area contributed by atoms with E-state index in [9.17, 15) is 27.9 Å². The van der Waals surface area contributed by atoms with E-state index in [1.807, 2.05) is 0 Å². The molecule has 1 heterocycles. The number of fused-ring (bicyclic) bond motifs is 1. The van der Waals surface area contributed by atoms with Gasteiger partial charge in [0.15, 0.2) is 0 Å². The van der Waals surface area contributed by atoms with Crippen molar-refractivity contribution in [2.75, 3.05) is 5.32 Å². The Balaban J connectivity index is 0.00000324. The number of aromatic nitrogens is 2. The number of nitrogens with one attached hydrogen (secondary N) is 1. The molecule has 0 aliphatic carbocycles. The van der Waals surface area contributed by atoms with Crippen molar-refractivity contribution >= 4 is 28.3 Å². The molecule has 0 saturated heterocycles. The van der Waals surface area contributed by atoms with Crippen molar-refractivity contribution in [3.05, 3.63) is 89.9 Å². The topological polar surface area (TPSA) is 104 Å². The van der Waals surface area contributed by atoms with Crippen LogP contribution in [0.3, 0.4) is 0 Å². The molecule has 0 atom stereocenters. The van der Waals surface area contributed by atoms with Gasteiger partial charge >= 0.3 is 25.0 Å². The summed E-state index contributed by atoms with van der Waals surface area (Å²) in [5.74, 6) is -1.75. The maximum atomic E-state index is 12.9. The number of amides is 1. The number of nitrogens with zero attached hydrogens (tertiary/aromatic N) is 2. The second-order valence-electron chi connectivity index (χ2n) is 6.85. The third-order valence-corrected chi connectivity index (χ3v) is 4.62. The zero-order chi connectivity index (χ0) is 23.6. The molecule has 34 heavy (non-hydrogen) atoms. The van der Waals surface area contributed by atoms with E-state index in [2.05, 4.69) is 15.3 Å². The number of carbonyl (C=O) groups is 2. The fraction of sp³-hybridized carbons (Fsp3) is 0.0435. The Morgan fingerprint density at radius 3 is 2.44 bits per heavy atom. The quantitative estimate of drug-likeness (QED) is 0.448. The number of rotatable bonds is 5. The molecule has 0 bridgehead atoms. The fourth-order valence-corrected chi connectivity index (χ4v) is 3.12. The van der Waals surface area contributed by atoms with Crippen LogP contribution in [0.4, 0.5) is 18.9 Å². The van der Waals surface area contributed by atoms with Gasteiger partial charge in [-0.1, -0.05) is 18.2 Å². The molecule has 0 fully saturated rings. The SMILES string of the molecule is O=C([O-])c1cc(Oc2ccc3c(C(=O)Nc4cccc(C(F)(F)F)c4)cccc3c2)ncn1.[Li+]. The van der Waals surface area contributed by atoms with E-state index in [1.165, 1.54) is 12.1 Å². The Morgan fingerprint density at radius 1 is 0.941 bits per heavy atom. The third-order valence-electron chi connectivity index (χ3n) is 4.62. The van der Waals surface area contributed by atoms with Crippen LogP contribution in [-0.4, -0.2) is 21.8 Å². The first-order chi connectivity index (χ1) is 15.7. The minimum Gasteiger partial charge on any atom is -0.543 e. The van der Waals surface area contributed by atoms with Gasteiger partial charge in [-0.2, -0.15) is 13.2 Å². The number of alkyl halides is 3. The summed E-state index contributed by atoms with van der Waals surface area (Å²) in [5.41, 5.74) is -0.946. The summed E-state index contributed by atoms with van der Waals surface area (Å²) in [6.07, 6.45) is -3.50. The van der Waals surface area contributed by atoms with Gasteiger partial charge in [-0.05, 0) is 53.2 Å². The molecule has 0 aliphatic heterocycles. The van der Waals surface area contributed by atoms with Crippen LogP contribution in [0.25, 0.3) is 10.8 Å². The summed E-state index contributed by atoms with van der Waals surface area (Å²) in [7, 11) is 0. The Bertz CT molecular complexity index is 1380. The van der Waals surface area contributed by atoms with Gasteiger partial charge in [0.25, 0.3) is 5.91 Å². The van der Waals surface area contributed by atoms with Gasteiger partial charge in [0.2, 0.25) is 5.88 Å². The van der Waals surface area contributed by atoms with Crippen LogP contribution >= 0.6 is 0 Å². The van der Waals surface area contributed by atoms with Crippen molar-refractivity contribution in [3.63, 3.8) is 0 Å². The van der Waals surface area contributed by atoms with Crippen LogP contribution in [0.15, 0.2) is 73.1 Å². The van der Waals surface area contributed by atoms with Crippen LogP contribution in [0.1, 0.15) is 26.4 Å². The number of ether oxygens (including phenoxy) is 1. The van der Waals surface area contributed by atoms with Crippen LogP contribution in [0.2, 0.25) is 0 Å². The molecule has 1 N–H and O–H groups in total. The van der Waals surface area contributed by atoms with E-state index in [4.69, 9.17) is 4.74 Å². The molecule has 166 valence electrons. The summed E-state index contributed by atoms with van der Waals surface area (Å²) in [6.45, 7) is 0. The average molecular weight is 459 g/mol. The zero-order valence-electron chi connectivity index (χ0n) is 17.6. The van der Waals surface area contributed by atoms with E-state index in [1.54, 1.807) is 36.4 Å². The van der Waals surface area contributed by atoms with Gasteiger partial charge in [0.05, 0.1) is 17.2 Å². The zero-order valence-corrected chi connectivity index (χ0v) is 17.6. The summed E-state index contributed by atoms with van der Waals surface area (Å²) >= 11 is 0. The summed E-state index contributed by atoms with van der Waals surface area (Å²) in [4.78, 5) is 31.1. The molecule has 0 spiro atoms. The smallest absolute Gasteiger partial charge is 0.543 e. The van der Waals surface area contributed by atoms with E-state index < -0.39 is 23.6 Å². The van der Waals surface area contributed by atoms with Gasteiger partial charge in [0.1, 0.15) is 12.1 Å². The first kappa shape index (κ1) is 24.8. The van der Waals surface area contributed by atoms with Gasteiger partial charge in [-0.15, -0.1) is 0 Å². The molecule has 4 aromatic rings. The molecule has 0 unspecified atom stereocenters. The maximum Gasteiger partial charge on any atom is 1.00 e. The maximum absolute atomic E-state index is 12.9. The minimum absolute atomic E-state index is 0. The standard InChI is InChI=1S/C23H14F3N3O4.Li/c24-23(25,26)14-4-2-5-15(10-14)29-21(30)18-6-1-3-13-9-16(7-8-17(13)18)33-20-11-19(22(31)32)27-12-28-20;/h1-12H,(H,29,30)(H,31,32);/q;+1/p-1. The van der Waals surface area contributed by atoms with E-state index in [-0.39, 0.29) is 41.7 Å². The number of carbonyl (C=O) groups excluding carboxylic acids is 2. The number of benzene rings is 3. The predicted octanol–water partition coefficient (Wildman–Crippen LogP) is 1.06. The molecule has 1 aromatic heterocycles. The fourth-order valence-electron chi connectivity index (χ4n) is 3.12. The van der Waals surface area contributed by atoms with E-state index in [0.717, 1.165) is 24.5 Å². The summed E-state index contributed by atoms with van der Waals surface area (Å²) in [6, 6.07) is 15.1. The summed E-state index contributed by atoms with van der Waals surface area (Å²) < 4.78 is 44.4. The van der Waals surface area contributed by atoms with Gasteiger partial charge in [-0.25, -0.2) is 9.97 Å². The number of halogens is 3. The largest absolute Gasteiger partial charge is 1.00 e. The van der Waals surface area contributed by atoms with Crippen LogP contribution in [-0.2, 0) is 6.18 Å². The number of carboxylic acids is 1. The van der Waals surface area contributed by atoms with Crippen molar-refractivity contribution in [2.24, 2.45) is 0 Å². The van der Waals surface area contributed by atoms with Gasteiger partial charge in [0, 0.05) is 17.3 Å². The monoisotopic (exact) mass is 459 g/mol. The predicted molar refractivity (Wildman–Crippen MR) is 110 cm³/mol. The Labute approximate surface area is 202 Å². The molecular weight excluding hydrogens is 446 g/mol. The van der Waals surface area contributed by atoms with E-state index in [0.29, 0.717) is 16.5 Å². The van der Waals surface area contributed by atoms with Gasteiger partial charge in [-0.3, -0.25) is 4.79 Å². The van der Waals surface area contributed by atoms with Crippen molar-refractivity contribution < 1.29 is 51.5 Å².